The van der Waals surface area contributed by atoms with E-state index in [-0.39, 0.29) is 11.0 Å². The molecule has 2 aliphatic rings. The van der Waals surface area contributed by atoms with Gasteiger partial charge < -0.3 is 10.6 Å². The fraction of sp³-hybridized carbons (Fsp3) is 0.933. The zero-order chi connectivity index (χ0) is 13.1. The highest BCUT2D eigenvalue weighted by atomic mass is 16.2. The molecule has 2 N–H and O–H groups in total. The van der Waals surface area contributed by atoms with Gasteiger partial charge in [-0.25, -0.2) is 0 Å². The predicted octanol–water partition coefficient (Wildman–Crippen LogP) is 2.61. The molecule has 1 saturated carbocycles. The molecule has 0 bridgehead atoms. The second-order valence-corrected chi connectivity index (χ2v) is 6.53. The quantitative estimate of drug-likeness (QED) is 0.807. The summed E-state index contributed by atoms with van der Waals surface area (Å²) in [5.74, 6) is 0.306. The molecule has 3 heteroatoms. The van der Waals surface area contributed by atoms with Crippen LogP contribution in [0.5, 0.6) is 0 Å². The molecule has 1 unspecified atom stereocenters. The van der Waals surface area contributed by atoms with Crippen LogP contribution in [0.25, 0.3) is 0 Å². The normalized spacial score (nSPS) is 31.2. The average molecular weight is 252 g/mol. The van der Waals surface area contributed by atoms with Gasteiger partial charge in [0, 0.05) is 12.1 Å². The Hall–Kier alpha value is -0.570. The number of carbonyl (C=O) groups excluding carboxylic acids is 1. The van der Waals surface area contributed by atoms with Crippen molar-refractivity contribution in [1.29, 1.82) is 0 Å². The first kappa shape index (κ1) is 13.9. The van der Waals surface area contributed by atoms with Gasteiger partial charge in [-0.05, 0) is 45.6 Å². The molecule has 2 fully saturated rings. The van der Waals surface area contributed by atoms with Gasteiger partial charge in [-0.15, -0.1) is 0 Å². The molecular weight excluding hydrogens is 224 g/mol. The molecule has 104 valence electrons. The van der Waals surface area contributed by atoms with Crippen LogP contribution in [0.4, 0.5) is 0 Å². The van der Waals surface area contributed by atoms with E-state index in [1.807, 2.05) is 0 Å². The van der Waals surface area contributed by atoms with E-state index in [9.17, 15) is 4.79 Å². The highest BCUT2D eigenvalue weighted by molar-refractivity contribution is 5.83. The number of carbonyl (C=O) groups is 1. The third-order valence-electron chi connectivity index (χ3n) is 4.80. The summed E-state index contributed by atoms with van der Waals surface area (Å²) in [5, 5.41) is 6.79. The minimum Gasteiger partial charge on any atom is -0.350 e. The maximum atomic E-state index is 12.7. The molecule has 0 aromatic heterocycles. The number of nitrogens with one attached hydrogen (secondary N) is 2. The Morgan fingerprint density at radius 2 is 1.94 bits per heavy atom. The molecule has 1 aliphatic carbocycles. The number of hydrogen-bond acceptors (Lipinski definition) is 2. The van der Waals surface area contributed by atoms with Gasteiger partial charge in [-0.2, -0.15) is 0 Å². The van der Waals surface area contributed by atoms with Crippen molar-refractivity contribution < 1.29 is 4.79 Å². The fourth-order valence-corrected chi connectivity index (χ4v) is 3.65. The highest BCUT2D eigenvalue weighted by Gasteiger charge is 2.42. The van der Waals surface area contributed by atoms with Crippen molar-refractivity contribution in [2.45, 2.75) is 70.8 Å². The van der Waals surface area contributed by atoms with Crippen molar-refractivity contribution in [3.05, 3.63) is 0 Å². The zero-order valence-corrected chi connectivity index (χ0v) is 12.0. The van der Waals surface area contributed by atoms with Crippen molar-refractivity contribution in [2.75, 3.05) is 13.1 Å². The van der Waals surface area contributed by atoms with Crippen molar-refractivity contribution in [3.63, 3.8) is 0 Å². The fourth-order valence-electron chi connectivity index (χ4n) is 3.65. The predicted molar refractivity (Wildman–Crippen MR) is 74.5 cm³/mol. The van der Waals surface area contributed by atoms with Crippen LogP contribution >= 0.6 is 0 Å². The minimum absolute atomic E-state index is 0.0648. The van der Waals surface area contributed by atoms with E-state index >= 15 is 0 Å². The lowest BCUT2D eigenvalue weighted by atomic mass is 9.75. The first-order valence-corrected chi connectivity index (χ1v) is 7.64. The van der Waals surface area contributed by atoms with Gasteiger partial charge in [0.25, 0.3) is 0 Å². The van der Waals surface area contributed by atoms with E-state index in [1.54, 1.807) is 0 Å². The minimum atomic E-state index is -0.140. The molecule has 1 saturated heterocycles. The number of amides is 1. The summed E-state index contributed by atoms with van der Waals surface area (Å²) in [6.45, 7) is 6.33. The lowest BCUT2D eigenvalue weighted by Gasteiger charge is -2.39. The first-order chi connectivity index (χ1) is 8.60. The summed E-state index contributed by atoms with van der Waals surface area (Å²) < 4.78 is 0. The summed E-state index contributed by atoms with van der Waals surface area (Å²) >= 11 is 0. The Bertz CT molecular complexity index is 283. The molecule has 18 heavy (non-hydrogen) atoms. The summed E-state index contributed by atoms with van der Waals surface area (Å²) in [6.07, 6.45) is 9.10. The van der Waals surface area contributed by atoms with Crippen LogP contribution in [0.3, 0.4) is 0 Å². The Balaban J connectivity index is 2.03. The molecule has 1 heterocycles. The van der Waals surface area contributed by atoms with Crippen molar-refractivity contribution in [3.8, 4) is 0 Å². The molecule has 1 amide bonds. The molecule has 1 aliphatic heterocycles. The maximum absolute atomic E-state index is 12.7. The van der Waals surface area contributed by atoms with Crippen LogP contribution in [-0.2, 0) is 4.79 Å². The van der Waals surface area contributed by atoms with E-state index in [4.69, 9.17) is 0 Å². The van der Waals surface area contributed by atoms with Crippen LogP contribution in [0.2, 0.25) is 0 Å². The van der Waals surface area contributed by atoms with Crippen molar-refractivity contribution >= 4 is 5.91 Å². The summed E-state index contributed by atoms with van der Waals surface area (Å²) in [4.78, 5) is 12.7. The number of hydrogen-bond donors (Lipinski definition) is 2. The molecule has 0 spiro atoms. The smallest absolute Gasteiger partial charge is 0.227 e. The lowest BCUT2D eigenvalue weighted by molar-refractivity contribution is -0.134. The van der Waals surface area contributed by atoms with Crippen LogP contribution in [0, 0.1) is 5.41 Å². The Kier molecular flexibility index (Phi) is 4.31. The van der Waals surface area contributed by atoms with Gasteiger partial charge in [0.15, 0.2) is 0 Å². The Morgan fingerprint density at radius 1 is 1.22 bits per heavy atom. The van der Waals surface area contributed by atoms with E-state index in [0.29, 0.717) is 5.91 Å². The topological polar surface area (TPSA) is 41.1 Å². The van der Waals surface area contributed by atoms with Gasteiger partial charge in [-0.1, -0.05) is 26.2 Å². The molecule has 3 nitrogen and oxygen atoms in total. The number of piperidine rings is 1. The highest BCUT2D eigenvalue weighted by Crippen LogP contribution is 2.35. The molecule has 0 radical (unpaired) electrons. The first-order valence-electron chi connectivity index (χ1n) is 7.64. The molecule has 0 aromatic rings. The van der Waals surface area contributed by atoms with Gasteiger partial charge in [0.05, 0.1) is 5.41 Å². The van der Waals surface area contributed by atoms with E-state index in [0.717, 1.165) is 51.6 Å². The largest absolute Gasteiger partial charge is 0.350 e. The monoisotopic (exact) mass is 252 g/mol. The van der Waals surface area contributed by atoms with Crippen LogP contribution < -0.4 is 10.6 Å². The molecule has 2 rings (SSSR count). The SMILES string of the molecule is CCCC1(C(=O)NC2(C)CCCC2)CCCNC1. The Labute approximate surface area is 111 Å². The lowest BCUT2D eigenvalue weighted by Crippen LogP contribution is -2.55. The van der Waals surface area contributed by atoms with Crippen LogP contribution in [-0.4, -0.2) is 24.5 Å². The van der Waals surface area contributed by atoms with E-state index < -0.39 is 0 Å². The Morgan fingerprint density at radius 3 is 2.50 bits per heavy atom. The van der Waals surface area contributed by atoms with Crippen molar-refractivity contribution in [1.82, 2.24) is 10.6 Å². The van der Waals surface area contributed by atoms with Gasteiger partial charge in [0.2, 0.25) is 5.91 Å². The third-order valence-corrected chi connectivity index (χ3v) is 4.80. The third kappa shape index (κ3) is 2.87. The van der Waals surface area contributed by atoms with E-state index in [1.165, 1.54) is 12.8 Å². The average Bonchev–Trinajstić information content (AvgIpc) is 2.77. The standard InChI is InChI=1S/C15H28N2O/c1-3-7-15(10-6-11-16-12-15)13(18)17-14(2)8-4-5-9-14/h16H,3-12H2,1-2H3,(H,17,18). The van der Waals surface area contributed by atoms with Gasteiger partial charge in [-0.3, -0.25) is 4.79 Å². The van der Waals surface area contributed by atoms with Crippen LogP contribution in [0.1, 0.15) is 65.2 Å². The van der Waals surface area contributed by atoms with E-state index in [2.05, 4.69) is 24.5 Å². The zero-order valence-electron chi connectivity index (χ0n) is 12.0. The van der Waals surface area contributed by atoms with Gasteiger partial charge in [0.1, 0.15) is 0 Å². The summed E-state index contributed by atoms with van der Waals surface area (Å²) in [6, 6.07) is 0. The van der Waals surface area contributed by atoms with Crippen molar-refractivity contribution in [2.24, 2.45) is 5.41 Å². The molecule has 0 aromatic carbocycles. The van der Waals surface area contributed by atoms with Crippen LogP contribution in [0.15, 0.2) is 0 Å². The summed E-state index contributed by atoms with van der Waals surface area (Å²) in [5.41, 5.74) is -0.0755. The summed E-state index contributed by atoms with van der Waals surface area (Å²) in [7, 11) is 0. The molecule has 1 atom stereocenters. The molecular formula is C15H28N2O. The second kappa shape index (κ2) is 5.60. The number of rotatable bonds is 4. The van der Waals surface area contributed by atoms with Gasteiger partial charge >= 0.3 is 0 Å². The second-order valence-electron chi connectivity index (χ2n) is 6.53. The maximum Gasteiger partial charge on any atom is 0.227 e.